The molecule has 10 nitrogen and oxygen atoms in total. The van der Waals surface area contributed by atoms with Crippen LogP contribution in [-0.2, 0) is 0 Å². The van der Waals surface area contributed by atoms with Crippen LogP contribution in [0.1, 0.15) is 28.3 Å². The summed E-state index contributed by atoms with van der Waals surface area (Å²) < 4.78 is 3.90. The quantitative estimate of drug-likeness (QED) is 0.177. The third kappa shape index (κ3) is 4.41. The molecule has 8 aromatic rings. The Balaban J connectivity index is 1.65. The number of nitriles is 3. The van der Waals surface area contributed by atoms with Crippen molar-refractivity contribution in [1.82, 2.24) is 24.1 Å². The van der Waals surface area contributed by atoms with Crippen LogP contribution in [0.2, 0.25) is 0 Å². The molecule has 0 spiro atoms. The number of hydrogen-bond donors (Lipinski definition) is 0. The number of benzene rings is 5. The zero-order valence-electron chi connectivity index (χ0n) is 26.6. The highest BCUT2D eigenvalue weighted by atomic mass is 15.1. The zero-order valence-corrected chi connectivity index (χ0v) is 26.6. The lowest BCUT2D eigenvalue weighted by Crippen LogP contribution is -2.08. The second kappa shape index (κ2) is 11.2. The van der Waals surface area contributed by atoms with E-state index in [9.17, 15) is 15.8 Å². The van der Waals surface area contributed by atoms with Gasteiger partial charge in [0.2, 0.25) is 0 Å². The van der Waals surface area contributed by atoms with Gasteiger partial charge in [-0.05, 0) is 62.4 Å². The SMILES string of the molecule is [C-]#[N+]c1ccc2c3ccc(C#N)cc3n(-c3cc(C#N)cc(-n4c5cc(C#N)ccc5c5ccc([N+]#[C-])cc54)c3-c3nc(C)nc(C)n3)c2c1. The minimum Gasteiger partial charge on any atom is -0.310 e. The number of aromatic nitrogens is 5. The average Bonchev–Trinajstić information content (AvgIpc) is 3.64. The molecule has 0 fully saturated rings. The first-order chi connectivity index (χ1) is 24.3. The van der Waals surface area contributed by atoms with Crippen molar-refractivity contribution in [3.63, 3.8) is 0 Å². The van der Waals surface area contributed by atoms with Gasteiger partial charge in [-0.15, -0.1) is 0 Å². The van der Waals surface area contributed by atoms with Crippen LogP contribution < -0.4 is 0 Å². The lowest BCUT2D eigenvalue weighted by Gasteiger charge is -2.20. The third-order valence-electron chi connectivity index (χ3n) is 8.81. The van der Waals surface area contributed by atoms with Gasteiger partial charge in [0.05, 0.1) is 76.0 Å². The molecule has 5 aromatic carbocycles. The van der Waals surface area contributed by atoms with E-state index in [2.05, 4.69) is 32.9 Å². The number of fused-ring (bicyclic) bond motifs is 6. The second-order valence-electron chi connectivity index (χ2n) is 11.7. The molecule has 50 heavy (non-hydrogen) atoms. The van der Waals surface area contributed by atoms with Crippen molar-refractivity contribution in [2.45, 2.75) is 13.8 Å². The molecule has 230 valence electrons. The van der Waals surface area contributed by atoms with E-state index in [1.54, 1.807) is 74.5 Å². The number of nitrogens with zero attached hydrogens (tertiary/aromatic N) is 10. The van der Waals surface area contributed by atoms with E-state index in [0.717, 1.165) is 21.5 Å². The van der Waals surface area contributed by atoms with Crippen molar-refractivity contribution in [3.05, 3.63) is 136 Å². The van der Waals surface area contributed by atoms with E-state index < -0.39 is 0 Å². The van der Waals surface area contributed by atoms with E-state index in [0.29, 0.717) is 84.5 Å². The Bertz CT molecular complexity index is 2680. The standard InChI is InChI=1S/C40H20N10/c1-22-46-23(2)48-40(47-22)39-37(49-33-13-24(19-41)5-9-29(33)31-11-7-27(44-3)17-35(31)49)15-26(21-43)16-38(39)50-34-14-25(20-42)6-10-30(34)32-12-8-28(45-4)18-36(32)50/h5-18H,1-2H3. The molecule has 0 aliphatic rings. The second-order valence-corrected chi connectivity index (χ2v) is 11.7. The summed E-state index contributed by atoms with van der Waals surface area (Å²) in [6.45, 7) is 19.1. The van der Waals surface area contributed by atoms with Crippen molar-refractivity contribution < 1.29 is 0 Å². The largest absolute Gasteiger partial charge is 0.310 e. The molecular formula is C40H20N10. The highest BCUT2D eigenvalue weighted by molar-refractivity contribution is 6.13. The summed E-state index contributed by atoms with van der Waals surface area (Å²) in [5.74, 6) is 1.31. The van der Waals surface area contributed by atoms with Gasteiger partial charge in [-0.2, -0.15) is 15.8 Å². The summed E-state index contributed by atoms with van der Waals surface area (Å²) >= 11 is 0. The van der Waals surface area contributed by atoms with E-state index in [-0.39, 0.29) is 0 Å². The molecule has 0 saturated heterocycles. The molecule has 3 heterocycles. The molecule has 0 aliphatic heterocycles. The first kappa shape index (κ1) is 29.6. The normalized spacial score (nSPS) is 10.9. The molecule has 0 aliphatic carbocycles. The fourth-order valence-electron chi connectivity index (χ4n) is 6.80. The maximum atomic E-state index is 10.5. The van der Waals surface area contributed by atoms with Crippen molar-refractivity contribution >= 4 is 55.0 Å². The monoisotopic (exact) mass is 640 g/mol. The first-order valence-electron chi connectivity index (χ1n) is 15.4. The van der Waals surface area contributed by atoms with Crippen LogP contribution in [0.3, 0.4) is 0 Å². The van der Waals surface area contributed by atoms with Gasteiger partial charge in [0.25, 0.3) is 0 Å². The van der Waals surface area contributed by atoms with Gasteiger partial charge in [0.15, 0.2) is 17.2 Å². The van der Waals surface area contributed by atoms with Crippen molar-refractivity contribution in [3.8, 4) is 41.0 Å². The van der Waals surface area contributed by atoms with Crippen LogP contribution in [0.15, 0.2) is 84.9 Å². The van der Waals surface area contributed by atoms with E-state index >= 15 is 0 Å². The van der Waals surface area contributed by atoms with Gasteiger partial charge in [-0.3, -0.25) is 0 Å². The minimum absolute atomic E-state index is 0.321. The Labute approximate surface area is 285 Å². The molecule has 0 radical (unpaired) electrons. The summed E-state index contributed by atoms with van der Waals surface area (Å²) in [6, 6.07) is 32.1. The molecular weight excluding hydrogens is 621 g/mol. The molecule has 0 bridgehead atoms. The Morgan fingerprint density at radius 2 is 0.920 bits per heavy atom. The lowest BCUT2D eigenvalue weighted by atomic mass is 10.0. The molecule has 0 N–H and O–H groups in total. The Hall–Kier alpha value is -7.84. The molecule has 0 atom stereocenters. The topological polar surface area (TPSA) is 129 Å². The Morgan fingerprint density at radius 3 is 1.32 bits per heavy atom. The van der Waals surface area contributed by atoms with Gasteiger partial charge >= 0.3 is 0 Å². The van der Waals surface area contributed by atoms with Crippen molar-refractivity contribution in [2.24, 2.45) is 0 Å². The van der Waals surface area contributed by atoms with Crippen LogP contribution in [0.5, 0.6) is 0 Å². The summed E-state index contributed by atoms with van der Waals surface area (Å²) in [5.41, 5.74) is 6.42. The summed E-state index contributed by atoms with van der Waals surface area (Å²) in [6.07, 6.45) is 0. The van der Waals surface area contributed by atoms with Crippen LogP contribution in [0.4, 0.5) is 11.4 Å². The van der Waals surface area contributed by atoms with Gasteiger partial charge in [-0.1, -0.05) is 36.4 Å². The van der Waals surface area contributed by atoms with Crippen LogP contribution in [-0.4, -0.2) is 24.1 Å². The highest BCUT2D eigenvalue weighted by Gasteiger charge is 2.25. The first-order valence-corrected chi connectivity index (χ1v) is 15.4. The summed E-state index contributed by atoms with van der Waals surface area (Å²) in [4.78, 5) is 21.5. The zero-order chi connectivity index (χ0) is 34.7. The van der Waals surface area contributed by atoms with Crippen LogP contribution in [0, 0.1) is 61.0 Å². The summed E-state index contributed by atoms with van der Waals surface area (Å²) in [7, 11) is 0. The lowest BCUT2D eigenvalue weighted by molar-refractivity contribution is 0.924. The fraction of sp³-hybridized carbons (Fsp3) is 0.0500. The van der Waals surface area contributed by atoms with Gasteiger partial charge < -0.3 is 9.13 Å². The number of aryl methyl sites for hydroxylation is 2. The number of rotatable bonds is 3. The van der Waals surface area contributed by atoms with Crippen LogP contribution >= 0.6 is 0 Å². The van der Waals surface area contributed by atoms with E-state index in [4.69, 9.17) is 23.1 Å². The molecule has 3 aromatic heterocycles. The van der Waals surface area contributed by atoms with E-state index in [1.807, 2.05) is 33.4 Å². The molecule has 8 rings (SSSR count). The van der Waals surface area contributed by atoms with Gasteiger partial charge in [-0.25, -0.2) is 24.6 Å². The fourth-order valence-corrected chi connectivity index (χ4v) is 6.80. The highest BCUT2D eigenvalue weighted by Crippen LogP contribution is 2.43. The Kier molecular flexibility index (Phi) is 6.59. The predicted molar refractivity (Wildman–Crippen MR) is 190 cm³/mol. The van der Waals surface area contributed by atoms with Crippen molar-refractivity contribution in [2.75, 3.05) is 0 Å². The van der Waals surface area contributed by atoms with E-state index in [1.165, 1.54) is 0 Å². The molecule has 0 amide bonds. The van der Waals surface area contributed by atoms with Gasteiger partial charge in [0, 0.05) is 32.6 Å². The smallest absolute Gasteiger partial charge is 0.189 e. The van der Waals surface area contributed by atoms with Crippen molar-refractivity contribution in [1.29, 1.82) is 15.8 Å². The summed E-state index contributed by atoms with van der Waals surface area (Å²) in [5, 5.41) is 33.8. The third-order valence-corrected chi connectivity index (χ3v) is 8.81. The predicted octanol–water partition coefficient (Wildman–Crippen LogP) is 9.07. The molecule has 0 unspecified atom stereocenters. The molecule has 0 saturated carbocycles. The average molecular weight is 641 g/mol. The number of hydrogen-bond acceptors (Lipinski definition) is 6. The van der Waals surface area contributed by atoms with Crippen LogP contribution in [0.25, 0.3) is 76.1 Å². The minimum atomic E-state index is 0.321. The Morgan fingerprint density at radius 1 is 0.520 bits per heavy atom. The maximum absolute atomic E-state index is 10.5. The maximum Gasteiger partial charge on any atom is 0.189 e. The molecule has 10 heteroatoms. The van der Waals surface area contributed by atoms with Gasteiger partial charge in [0.1, 0.15) is 11.6 Å².